The summed E-state index contributed by atoms with van der Waals surface area (Å²) in [7, 11) is -3.57. The van der Waals surface area contributed by atoms with Crippen LogP contribution in [0.5, 0.6) is 0 Å². The summed E-state index contributed by atoms with van der Waals surface area (Å²) in [4.78, 5) is 0.272. The van der Waals surface area contributed by atoms with E-state index in [4.69, 9.17) is 29.6 Å². The van der Waals surface area contributed by atoms with Crippen molar-refractivity contribution in [3.8, 4) is 0 Å². The molecule has 1 aromatic rings. The molecule has 21 heavy (non-hydrogen) atoms. The molecular weight excluding hydrogens is 368 g/mol. The molecule has 0 amide bonds. The van der Waals surface area contributed by atoms with Crippen molar-refractivity contribution in [2.45, 2.75) is 10.1 Å². The lowest BCUT2D eigenvalue weighted by Gasteiger charge is -2.21. The molecule has 1 unspecified atom stereocenters. The van der Waals surface area contributed by atoms with Crippen molar-refractivity contribution in [2.24, 2.45) is 5.73 Å². The number of nitrogens with one attached hydrogen (secondary N) is 1. The molecule has 0 bridgehead atoms. The molecule has 0 aliphatic carbocycles. The van der Waals surface area contributed by atoms with Gasteiger partial charge in [0.15, 0.2) is 0 Å². The first-order valence-corrected chi connectivity index (χ1v) is 10.7. The van der Waals surface area contributed by atoms with Crippen LogP contribution in [-0.2, 0) is 10.0 Å². The molecule has 2 rings (SSSR count). The Balaban J connectivity index is 2.08. The Hall–Kier alpha value is 0.01000. The van der Waals surface area contributed by atoms with E-state index >= 15 is 0 Å². The molecule has 4 nitrogen and oxygen atoms in total. The molecule has 0 saturated carbocycles. The Morgan fingerprint density at radius 3 is 2.81 bits per heavy atom. The van der Waals surface area contributed by atoms with Crippen LogP contribution in [0.4, 0.5) is 0 Å². The van der Waals surface area contributed by atoms with Gasteiger partial charge in [-0.15, -0.1) is 0 Å². The monoisotopic (exact) mass is 382 g/mol. The molecule has 0 radical (unpaired) electrons. The lowest BCUT2D eigenvalue weighted by atomic mass is 10.2. The summed E-state index contributed by atoms with van der Waals surface area (Å²) in [6.45, 7) is 0.425. The van der Waals surface area contributed by atoms with Crippen molar-refractivity contribution in [3.05, 3.63) is 28.8 Å². The Morgan fingerprint density at radius 1 is 1.48 bits per heavy atom. The number of nitrogens with two attached hydrogens (primary N) is 1. The number of halogens is 1. The van der Waals surface area contributed by atoms with Crippen LogP contribution in [-0.4, -0.2) is 42.5 Å². The largest absolute Gasteiger partial charge is 0.389 e. The molecule has 1 saturated heterocycles. The van der Waals surface area contributed by atoms with Gasteiger partial charge in [-0.3, -0.25) is 0 Å². The maximum Gasteiger partial charge on any atom is 0.240 e. The Morgan fingerprint density at radius 2 is 2.24 bits per heavy atom. The van der Waals surface area contributed by atoms with Crippen LogP contribution in [0.2, 0.25) is 5.02 Å². The van der Waals surface area contributed by atoms with Gasteiger partial charge in [0.25, 0.3) is 0 Å². The SMILES string of the molecule is NC(=S)c1ccc(S(=O)(=O)NCC2CSCCS2)cc1Cl. The quantitative estimate of drug-likeness (QED) is 0.760. The van der Waals surface area contributed by atoms with E-state index in [2.05, 4.69) is 4.72 Å². The van der Waals surface area contributed by atoms with Crippen LogP contribution >= 0.6 is 47.3 Å². The van der Waals surface area contributed by atoms with Gasteiger partial charge < -0.3 is 5.73 Å². The Kier molecular flexibility index (Phi) is 6.22. The van der Waals surface area contributed by atoms with Gasteiger partial charge in [-0.05, 0) is 18.2 Å². The van der Waals surface area contributed by atoms with Crippen LogP contribution in [0.15, 0.2) is 23.1 Å². The fourth-order valence-corrected chi connectivity index (χ4v) is 6.21. The highest BCUT2D eigenvalue weighted by Gasteiger charge is 2.20. The van der Waals surface area contributed by atoms with Crippen molar-refractivity contribution in [1.29, 1.82) is 0 Å². The molecule has 3 N–H and O–H groups in total. The second-order valence-electron chi connectivity index (χ2n) is 4.43. The third kappa shape index (κ3) is 4.74. The second-order valence-corrected chi connectivity index (χ2v) is 9.60. The van der Waals surface area contributed by atoms with E-state index in [1.54, 1.807) is 11.8 Å². The smallest absolute Gasteiger partial charge is 0.240 e. The topological polar surface area (TPSA) is 72.2 Å². The van der Waals surface area contributed by atoms with E-state index in [-0.39, 0.29) is 14.9 Å². The van der Waals surface area contributed by atoms with E-state index in [1.165, 1.54) is 18.2 Å². The minimum Gasteiger partial charge on any atom is -0.389 e. The zero-order valence-electron chi connectivity index (χ0n) is 11.0. The third-order valence-electron chi connectivity index (χ3n) is 2.90. The molecule has 1 atom stereocenters. The molecule has 1 aromatic carbocycles. The number of hydrogen-bond donors (Lipinski definition) is 2. The first kappa shape index (κ1) is 17.4. The van der Waals surface area contributed by atoms with Crippen molar-refractivity contribution in [2.75, 3.05) is 23.8 Å². The maximum atomic E-state index is 12.3. The van der Waals surface area contributed by atoms with Crippen LogP contribution in [0.3, 0.4) is 0 Å². The lowest BCUT2D eigenvalue weighted by molar-refractivity contribution is 0.581. The number of hydrogen-bond acceptors (Lipinski definition) is 5. The van der Waals surface area contributed by atoms with E-state index in [0.717, 1.165) is 17.3 Å². The van der Waals surface area contributed by atoms with Crippen LogP contribution in [0.25, 0.3) is 0 Å². The number of sulfonamides is 1. The molecular formula is C12H15ClN2O2S4. The zero-order valence-corrected chi connectivity index (χ0v) is 15.1. The molecule has 116 valence electrons. The summed E-state index contributed by atoms with van der Waals surface area (Å²) in [6.07, 6.45) is 0. The van der Waals surface area contributed by atoms with Gasteiger partial charge in [0, 0.05) is 34.6 Å². The second kappa shape index (κ2) is 7.52. The lowest BCUT2D eigenvalue weighted by Crippen LogP contribution is -2.33. The van der Waals surface area contributed by atoms with Crippen molar-refractivity contribution in [1.82, 2.24) is 4.72 Å². The average Bonchev–Trinajstić information content (AvgIpc) is 2.46. The number of rotatable bonds is 5. The minimum absolute atomic E-state index is 0.126. The molecule has 1 fully saturated rings. The Labute approximate surface area is 143 Å². The zero-order chi connectivity index (χ0) is 15.5. The van der Waals surface area contributed by atoms with E-state index in [1.807, 2.05) is 11.8 Å². The van der Waals surface area contributed by atoms with Gasteiger partial charge in [0.1, 0.15) is 4.99 Å². The predicted molar refractivity (Wildman–Crippen MR) is 96.1 cm³/mol. The van der Waals surface area contributed by atoms with Gasteiger partial charge in [0.05, 0.1) is 9.92 Å². The predicted octanol–water partition coefficient (Wildman–Crippen LogP) is 2.10. The number of thiocarbonyl (C=S) groups is 1. The van der Waals surface area contributed by atoms with Crippen LogP contribution < -0.4 is 10.5 Å². The van der Waals surface area contributed by atoms with E-state index < -0.39 is 10.0 Å². The number of thioether (sulfide) groups is 2. The molecule has 1 heterocycles. The van der Waals surface area contributed by atoms with Crippen LogP contribution in [0.1, 0.15) is 5.56 Å². The first-order valence-electron chi connectivity index (χ1n) is 6.18. The maximum absolute atomic E-state index is 12.3. The minimum atomic E-state index is -3.57. The fourth-order valence-electron chi connectivity index (χ4n) is 1.80. The highest BCUT2D eigenvalue weighted by atomic mass is 35.5. The molecule has 1 aliphatic heterocycles. The van der Waals surface area contributed by atoms with Crippen molar-refractivity contribution < 1.29 is 8.42 Å². The summed E-state index contributed by atoms with van der Waals surface area (Å²) in [5.74, 6) is 3.16. The molecule has 1 aliphatic rings. The van der Waals surface area contributed by atoms with Crippen LogP contribution in [0, 0.1) is 0 Å². The summed E-state index contributed by atoms with van der Waals surface area (Å²) >= 11 is 14.5. The third-order valence-corrected chi connectivity index (χ3v) is 7.70. The summed E-state index contributed by atoms with van der Waals surface area (Å²) in [5, 5.41) is 0.554. The van der Waals surface area contributed by atoms with Crippen molar-refractivity contribution >= 4 is 62.4 Å². The molecule has 0 aromatic heterocycles. The molecule has 0 spiro atoms. The Bertz CT molecular complexity index is 630. The highest BCUT2D eigenvalue weighted by molar-refractivity contribution is 8.06. The summed E-state index contributed by atoms with van der Waals surface area (Å²) in [6, 6.07) is 4.37. The van der Waals surface area contributed by atoms with Crippen molar-refractivity contribution in [3.63, 3.8) is 0 Å². The fraction of sp³-hybridized carbons (Fsp3) is 0.417. The highest BCUT2D eigenvalue weighted by Crippen LogP contribution is 2.24. The van der Waals surface area contributed by atoms with Gasteiger partial charge in [0.2, 0.25) is 10.0 Å². The normalized spacial score (nSPS) is 19.4. The van der Waals surface area contributed by atoms with Gasteiger partial charge >= 0.3 is 0 Å². The first-order chi connectivity index (χ1) is 9.90. The standard InChI is InChI=1S/C12H15ClN2O2S4/c13-11-5-9(1-2-10(11)12(14)18)21(16,17)15-6-8-7-19-3-4-20-8/h1-2,5,8,15H,3-4,6-7H2,(H2,14,18). The molecule has 9 heteroatoms. The average molecular weight is 383 g/mol. The summed E-state index contributed by atoms with van der Waals surface area (Å²) < 4.78 is 27.2. The van der Waals surface area contributed by atoms with Gasteiger partial charge in [-0.25, -0.2) is 13.1 Å². The van der Waals surface area contributed by atoms with Gasteiger partial charge in [-0.1, -0.05) is 23.8 Å². The van der Waals surface area contributed by atoms with Gasteiger partial charge in [-0.2, -0.15) is 23.5 Å². The number of benzene rings is 1. The summed E-state index contributed by atoms with van der Waals surface area (Å²) in [5.41, 5.74) is 5.98. The van der Waals surface area contributed by atoms with E-state index in [0.29, 0.717) is 17.4 Å². The van der Waals surface area contributed by atoms with E-state index in [9.17, 15) is 8.42 Å².